The standard InChI is InChI=1S/C12H24N4/c1-6-9(7-2)14-12-10(13)11(8(3)4)15-16(12)5/h8-9,14H,6-7,13H2,1-5H3. The fourth-order valence-electron chi connectivity index (χ4n) is 1.84. The van der Waals surface area contributed by atoms with Gasteiger partial charge in [0.2, 0.25) is 0 Å². The Kier molecular flexibility index (Phi) is 4.21. The Balaban J connectivity index is 2.96. The van der Waals surface area contributed by atoms with Gasteiger partial charge in [0.05, 0.1) is 11.4 Å². The third-order valence-electron chi connectivity index (χ3n) is 2.99. The molecule has 0 aliphatic rings. The lowest BCUT2D eigenvalue weighted by Gasteiger charge is -2.16. The molecule has 0 amide bonds. The van der Waals surface area contributed by atoms with E-state index in [4.69, 9.17) is 5.73 Å². The molecule has 0 atom stereocenters. The molecule has 0 unspecified atom stereocenters. The zero-order valence-electron chi connectivity index (χ0n) is 11.0. The number of rotatable bonds is 5. The minimum absolute atomic E-state index is 0.364. The van der Waals surface area contributed by atoms with Crippen molar-refractivity contribution in [2.45, 2.75) is 52.5 Å². The fourth-order valence-corrected chi connectivity index (χ4v) is 1.84. The third-order valence-corrected chi connectivity index (χ3v) is 2.99. The summed E-state index contributed by atoms with van der Waals surface area (Å²) in [5.41, 5.74) is 7.90. The van der Waals surface area contributed by atoms with Crippen LogP contribution in [0.1, 0.15) is 52.1 Å². The molecular weight excluding hydrogens is 200 g/mol. The molecule has 16 heavy (non-hydrogen) atoms. The van der Waals surface area contributed by atoms with Gasteiger partial charge in [0.25, 0.3) is 0 Å². The number of anilines is 2. The highest BCUT2D eigenvalue weighted by Gasteiger charge is 2.17. The van der Waals surface area contributed by atoms with Gasteiger partial charge in [-0.1, -0.05) is 27.7 Å². The Morgan fingerprint density at radius 1 is 1.31 bits per heavy atom. The number of aromatic nitrogens is 2. The molecule has 4 nitrogen and oxygen atoms in total. The molecular formula is C12H24N4. The summed E-state index contributed by atoms with van der Waals surface area (Å²) >= 11 is 0. The number of aryl methyl sites for hydroxylation is 1. The van der Waals surface area contributed by atoms with Crippen LogP contribution in [0.3, 0.4) is 0 Å². The highest BCUT2D eigenvalue weighted by Crippen LogP contribution is 2.28. The minimum Gasteiger partial charge on any atom is -0.394 e. The topological polar surface area (TPSA) is 55.9 Å². The summed E-state index contributed by atoms with van der Waals surface area (Å²) < 4.78 is 1.85. The molecule has 0 aliphatic heterocycles. The molecule has 0 saturated heterocycles. The van der Waals surface area contributed by atoms with Crippen molar-refractivity contribution in [2.24, 2.45) is 7.05 Å². The summed E-state index contributed by atoms with van der Waals surface area (Å²) in [5.74, 6) is 1.32. The Bertz CT molecular complexity index is 337. The molecule has 0 aromatic carbocycles. The maximum absolute atomic E-state index is 6.12. The van der Waals surface area contributed by atoms with Crippen molar-refractivity contribution in [3.05, 3.63) is 5.69 Å². The highest BCUT2D eigenvalue weighted by molar-refractivity contribution is 5.66. The Morgan fingerprint density at radius 2 is 1.88 bits per heavy atom. The van der Waals surface area contributed by atoms with Gasteiger partial charge >= 0.3 is 0 Å². The van der Waals surface area contributed by atoms with E-state index in [0.717, 1.165) is 30.0 Å². The molecule has 1 rings (SSSR count). The Labute approximate surface area is 98.2 Å². The van der Waals surface area contributed by atoms with Gasteiger partial charge < -0.3 is 11.1 Å². The first kappa shape index (κ1) is 12.9. The lowest BCUT2D eigenvalue weighted by atomic mass is 10.1. The number of nitrogens with one attached hydrogen (secondary N) is 1. The van der Waals surface area contributed by atoms with Crippen LogP contribution in [0.15, 0.2) is 0 Å². The molecule has 0 aliphatic carbocycles. The maximum Gasteiger partial charge on any atom is 0.148 e. The van der Waals surface area contributed by atoms with Crippen molar-refractivity contribution >= 4 is 11.5 Å². The van der Waals surface area contributed by atoms with Gasteiger partial charge in [0, 0.05) is 13.1 Å². The van der Waals surface area contributed by atoms with E-state index in [-0.39, 0.29) is 0 Å². The molecule has 92 valence electrons. The van der Waals surface area contributed by atoms with Crippen LogP contribution in [0.25, 0.3) is 0 Å². The smallest absolute Gasteiger partial charge is 0.148 e. The van der Waals surface area contributed by atoms with Gasteiger partial charge in [-0.15, -0.1) is 0 Å². The number of nitrogens with zero attached hydrogens (tertiary/aromatic N) is 2. The normalized spacial score (nSPS) is 11.4. The van der Waals surface area contributed by atoms with Crippen molar-refractivity contribution in [3.63, 3.8) is 0 Å². The summed E-state index contributed by atoms with van der Waals surface area (Å²) in [6.45, 7) is 8.58. The Hall–Kier alpha value is -1.19. The molecule has 1 heterocycles. The average Bonchev–Trinajstić information content (AvgIpc) is 2.52. The van der Waals surface area contributed by atoms with E-state index in [1.807, 2.05) is 11.7 Å². The van der Waals surface area contributed by atoms with Crippen molar-refractivity contribution in [3.8, 4) is 0 Å². The van der Waals surface area contributed by atoms with E-state index in [1.165, 1.54) is 0 Å². The summed E-state index contributed by atoms with van der Waals surface area (Å²) in [5, 5.41) is 7.93. The number of hydrogen-bond donors (Lipinski definition) is 2. The molecule has 0 radical (unpaired) electrons. The monoisotopic (exact) mass is 224 g/mol. The second kappa shape index (κ2) is 5.23. The van der Waals surface area contributed by atoms with Gasteiger partial charge in [-0.05, 0) is 18.8 Å². The number of nitrogen functional groups attached to an aromatic ring is 1. The van der Waals surface area contributed by atoms with E-state index in [2.05, 4.69) is 38.1 Å². The summed E-state index contributed by atoms with van der Waals surface area (Å²) in [6, 6.07) is 0.470. The van der Waals surface area contributed by atoms with E-state index in [9.17, 15) is 0 Å². The quantitative estimate of drug-likeness (QED) is 0.808. The summed E-state index contributed by atoms with van der Waals surface area (Å²) in [7, 11) is 1.94. The summed E-state index contributed by atoms with van der Waals surface area (Å²) in [4.78, 5) is 0. The first-order chi connectivity index (χ1) is 7.51. The molecule has 0 bridgehead atoms. The van der Waals surface area contributed by atoms with Crippen LogP contribution in [-0.4, -0.2) is 15.8 Å². The van der Waals surface area contributed by atoms with Crippen molar-refractivity contribution in [1.82, 2.24) is 9.78 Å². The number of nitrogens with two attached hydrogens (primary N) is 1. The number of hydrogen-bond acceptors (Lipinski definition) is 3. The van der Waals surface area contributed by atoms with Crippen LogP contribution in [0, 0.1) is 0 Å². The molecule has 1 aromatic heterocycles. The van der Waals surface area contributed by atoms with Crippen LogP contribution in [0.5, 0.6) is 0 Å². The second-order valence-corrected chi connectivity index (χ2v) is 4.58. The van der Waals surface area contributed by atoms with Gasteiger partial charge in [0.1, 0.15) is 5.82 Å². The van der Waals surface area contributed by atoms with Crippen LogP contribution < -0.4 is 11.1 Å². The predicted molar refractivity (Wildman–Crippen MR) is 69.7 cm³/mol. The average molecular weight is 224 g/mol. The summed E-state index contributed by atoms with van der Waals surface area (Å²) in [6.07, 6.45) is 2.19. The van der Waals surface area contributed by atoms with Gasteiger partial charge in [-0.3, -0.25) is 4.68 Å². The lowest BCUT2D eigenvalue weighted by Crippen LogP contribution is -2.19. The van der Waals surface area contributed by atoms with E-state index < -0.39 is 0 Å². The molecule has 0 saturated carbocycles. The molecule has 0 fully saturated rings. The van der Waals surface area contributed by atoms with Gasteiger partial charge in [0.15, 0.2) is 0 Å². The van der Waals surface area contributed by atoms with Crippen LogP contribution in [0.4, 0.5) is 11.5 Å². The van der Waals surface area contributed by atoms with Gasteiger partial charge in [-0.2, -0.15) is 5.10 Å². The van der Waals surface area contributed by atoms with Crippen molar-refractivity contribution in [2.75, 3.05) is 11.1 Å². The minimum atomic E-state index is 0.364. The first-order valence-electron chi connectivity index (χ1n) is 6.10. The largest absolute Gasteiger partial charge is 0.394 e. The molecule has 4 heteroatoms. The molecule has 0 spiro atoms. The van der Waals surface area contributed by atoms with Crippen molar-refractivity contribution in [1.29, 1.82) is 0 Å². The second-order valence-electron chi connectivity index (χ2n) is 4.58. The molecule has 1 aromatic rings. The molecule has 3 N–H and O–H groups in total. The maximum atomic E-state index is 6.12. The Morgan fingerprint density at radius 3 is 2.25 bits per heavy atom. The fraction of sp³-hybridized carbons (Fsp3) is 0.750. The first-order valence-corrected chi connectivity index (χ1v) is 6.10. The predicted octanol–water partition coefficient (Wildman–Crippen LogP) is 2.73. The van der Waals surface area contributed by atoms with E-state index in [0.29, 0.717) is 12.0 Å². The highest BCUT2D eigenvalue weighted by atomic mass is 15.3. The van der Waals surface area contributed by atoms with Crippen LogP contribution in [-0.2, 0) is 7.05 Å². The van der Waals surface area contributed by atoms with Crippen molar-refractivity contribution < 1.29 is 0 Å². The zero-order chi connectivity index (χ0) is 12.3. The zero-order valence-corrected chi connectivity index (χ0v) is 11.0. The van der Waals surface area contributed by atoms with Crippen LogP contribution >= 0.6 is 0 Å². The lowest BCUT2D eigenvalue weighted by molar-refractivity contribution is 0.650. The third kappa shape index (κ3) is 2.49. The van der Waals surface area contributed by atoms with Crippen LogP contribution in [0.2, 0.25) is 0 Å². The SMILES string of the molecule is CCC(CC)Nc1c(N)c(C(C)C)nn1C. The van der Waals surface area contributed by atoms with Gasteiger partial charge in [-0.25, -0.2) is 0 Å². The van der Waals surface area contributed by atoms with E-state index >= 15 is 0 Å². The van der Waals surface area contributed by atoms with E-state index in [1.54, 1.807) is 0 Å².